The van der Waals surface area contributed by atoms with E-state index in [-0.39, 0.29) is 12.1 Å². The average molecular weight is 315 g/mol. The number of urea groups is 1. The molecule has 1 aromatic carbocycles. The van der Waals surface area contributed by atoms with Crippen molar-refractivity contribution in [3.63, 3.8) is 0 Å². The van der Waals surface area contributed by atoms with Crippen LogP contribution in [0.15, 0.2) is 24.3 Å². The number of fused-ring (bicyclic) bond motifs is 1. The Labute approximate surface area is 139 Å². The number of hydrogen-bond donors (Lipinski definition) is 2. The molecule has 1 aliphatic heterocycles. The molecular formula is C19H29N3O. The Morgan fingerprint density at radius 2 is 1.91 bits per heavy atom. The van der Waals surface area contributed by atoms with Gasteiger partial charge in [0.2, 0.25) is 0 Å². The Hall–Kier alpha value is -1.55. The Kier molecular flexibility index (Phi) is 5.21. The molecule has 0 unspecified atom stereocenters. The SMILES string of the molecule is CC(C)CN1CCC(NC(=O)N[C@H]2CCc3ccccc32)CC1. The number of piperidine rings is 1. The number of nitrogens with zero attached hydrogens (tertiary/aromatic N) is 1. The van der Waals surface area contributed by atoms with Gasteiger partial charge in [-0.15, -0.1) is 0 Å². The van der Waals surface area contributed by atoms with Crippen LogP contribution in [-0.4, -0.2) is 36.6 Å². The van der Waals surface area contributed by atoms with Gasteiger partial charge in [0.15, 0.2) is 0 Å². The lowest BCUT2D eigenvalue weighted by Gasteiger charge is -2.33. The molecule has 0 bridgehead atoms. The zero-order valence-electron chi connectivity index (χ0n) is 14.3. The maximum Gasteiger partial charge on any atom is 0.315 e. The predicted molar refractivity (Wildman–Crippen MR) is 93.5 cm³/mol. The van der Waals surface area contributed by atoms with E-state index in [9.17, 15) is 4.79 Å². The Morgan fingerprint density at radius 3 is 2.65 bits per heavy atom. The van der Waals surface area contributed by atoms with Crippen molar-refractivity contribution in [3.8, 4) is 0 Å². The molecule has 2 aliphatic rings. The number of hydrogen-bond acceptors (Lipinski definition) is 2. The van der Waals surface area contributed by atoms with Gasteiger partial charge in [0.25, 0.3) is 0 Å². The van der Waals surface area contributed by atoms with E-state index >= 15 is 0 Å². The van der Waals surface area contributed by atoms with E-state index < -0.39 is 0 Å². The first-order chi connectivity index (χ1) is 11.1. The van der Waals surface area contributed by atoms with Crippen LogP contribution < -0.4 is 10.6 Å². The maximum atomic E-state index is 12.3. The second-order valence-corrected chi connectivity index (χ2v) is 7.38. The molecule has 1 saturated heterocycles. The van der Waals surface area contributed by atoms with Crippen LogP contribution in [0, 0.1) is 5.92 Å². The third-order valence-corrected chi connectivity index (χ3v) is 4.98. The highest BCUT2D eigenvalue weighted by molar-refractivity contribution is 5.75. The number of aryl methyl sites for hydroxylation is 1. The Balaban J connectivity index is 1.44. The normalized spacial score (nSPS) is 22.1. The van der Waals surface area contributed by atoms with Crippen molar-refractivity contribution in [2.75, 3.05) is 19.6 Å². The second-order valence-electron chi connectivity index (χ2n) is 7.38. The third-order valence-electron chi connectivity index (χ3n) is 4.98. The van der Waals surface area contributed by atoms with Crippen LogP contribution in [0.1, 0.15) is 50.3 Å². The molecule has 1 heterocycles. The highest BCUT2D eigenvalue weighted by Crippen LogP contribution is 2.30. The van der Waals surface area contributed by atoms with Crippen LogP contribution in [0.2, 0.25) is 0 Å². The number of carbonyl (C=O) groups excluding carboxylic acids is 1. The van der Waals surface area contributed by atoms with Gasteiger partial charge in [-0.05, 0) is 42.7 Å². The highest BCUT2D eigenvalue weighted by atomic mass is 16.2. The van der Waals surface area contributed by atoms with Gasteiger partial charge in [-0.1, -0.05) is 38.1 Å². The van der Waals surface area contributed by atoms with Crippen molar-refractivity contribution in [2.45, 2.75) is 51.6 Å². The number of rotatable bonds is 4. The molecule has 4 nitrogen and oxygen atoms in total. The molecule has 1 fully saturated rings. The summed E-state index contributed by atoms with van der Waals surface area (Å²) < 4.78 is 0. The van der Waals surface area contributed by atoms with Gasteiger partial charge in [0.05, 0.1) is 6.04 Å². The monoisotopic (exact) mass is 315 g/mol. The summed E-state index contributed by atoms with van der Waals surface area (Å²) in [5, 5.41) is 6.34. The topological polar surface area (TPSA) is 44.4 Å². The first kappa shape index (κ1) is 16.3. The molecular weight excluding hydrogens is 286 g/mol. The van der Waals surface area contributed by atoms with Crippen LogP contribution in [0.4, 0.5) is 4.79 Å². The fourth-order valence-electron chi connectivity index (χ4n) is 3.87. The summed E-state index contributed by atoms with van der Waals surface area (Å²) in [6, 6.07) is 8.92. The molecule has 1 aromatic rings. The van der Waals surface area contributed by atoms with E-state index in [1.807, 2.05) is 0 Å². The van der Waals surface area contributed by atoms with Gasteiger partial charge in [0.1, 0.15) is 0 Å². The van der Waals surface area contributed by atoms with Crippen LogP contribution in [0.5, 0.6) is 0 Å². The highest BCUT2D eigenvalue weighted by Gasteiger charge is 2.25. The summed E-state index contributed by atoms with van der Waals surface area (Å²) in [5.74, 6) is 0.713. The molecule has 1 atom stereocenters. The van der Waals surface area contributed by atoms with E-state index in [0.717, 1.165) is 45.3 Å². The van der Waals surface area contributed by atoms with Crippen molar-refractivity contribution in [1.29, 1.82) is 0 Å². The van der Waals surface area contributed by atoms with E-state index in [4.69, 9.17) is 0 Å². The van der Waals surface area contributed by atoms with E-state index in [0.29, 0.717) is 12.0 Å². The molecule has 0 radical (unpaired) electrons. The summed E-state index contributed by atoms with van der Waals surface area (Å²) in [5.41, 5.74) is 2.66. The number of benzene rings is 1. The molecule has 126 valence electrons. The predicted octanol–water partition coefficient (Wildman–Crippen LogP) is 3.09. The fraction of sp³-hybridized carbons (Fsp3) is 0.632. The second kappa shape index (κ2) is 7.35. The molecule has 2 amide bonds. The number of likely N-dealkylation sites (tertiary alicyclic amines) is 1. The Bertz CT molecular complexity index is 535. The van der Waals surface area contributed by atoms with Crippen LogP contribution in [-0.2, 0) is 6.42 Å². The fourth-order valence-corrected chi connectivity index (χ4v) is 3.87. The van der Waals surface area contributed by atoms with Crippen molar-refractivity contribution in [3.05, 3.63) is 35.4 Å². The lowest BCUT2D eigenvalue weighted by atomic mass is 10.0. The third kappa shape index (κ3) is 4.25. The summed E-state index contributed by atoms with van der Waals surface area (Å²) >= 11 is 0. The van der Waals surface area contributed by atoms with Gasteiger partial charge >= 0.3 is 6.03 Å². The van der Waals surface area contributed by atoms with Crippen LogP contribution in [0.25, 0.3) is 0 Å². The molecule has 0 saturated carbocycles. The minimum absolute atomic E-state index is 0.00554. The van der Waals surface area contributed by atoms with Crippen LogP contribution >= 0.6 is 0 Å². The first-order valence-electron chi connectivity index (χ1n) is 8.99. The molecule has 23 heavy (non-hydrogen) atoms. The largest absolute Gasteiger partial charge is 0.335 e. The van der Waals surface area contributed by atoms with Gasteiger partial charge in [-0.3, -0.25) is 0 Å². The van der Waals surface area contributed by atoms with Crippen molar-refractivity contribution < 1.29 is 4.79 Å². The molecule has 0 spiro atoms. The zero-order valence-corrected chi connectivity index (χ0v) is 14.3. The van der Waals surface area contributed by atoms with Crippen LogP contribution in [0.3, 0.4) is 0 Å². The van der Waals surface area contributed by atoms with Gasteiger partial charge in [-0.2, -0.15) is 0 Å². The smallest absolute Gasteiger partial charge is 0.315 e. The zero-order chi connectivity index (χ0) is 16.2. The lowest BCUT2D eigenvalue weighted by molar-refractivity contribution is 0.177. The summed E-state index contributed by atoms with van der Waals surface area (Å²) in [6.45, 7) is 7.87. The minimum Gasteiger partial charge on any atom is -0.335 e. The van der Waals surface area contributed by atoms with E-state index in [1.165, 1.54) is 11.1 Å². The molecule has 4 heteroatoms. The maximum absolute atomic E-state index is 12.3. The van der Waals surface area contributed by atoms with Gasteiger partial charge in [0, 0.05) is 25.7 Å². The quantitative estimate of drug-likeness (QED) is 0.897. The molecule has 0 aromatic heterocycles. The summed E-state index contributed by atoms with van der Waals surface area (Å²) in [7, 11) is 0. The minimum atomic E-state index is -0.00554. The molecule has 1 aliphatic carbocycles. The standard InChI is InChI=1S/C19H29N3O/c1-14(2)13-22-11-9-16(10-12-22)20-19(23)21-18-8-7-15-5-3-4-6-17(15)18/h3-6,14,16,18H,7-13H2,1-2H3,(H2,20,21,23)/t18-/m0/s1. The first-order valence-corrected chi connectivity index (χ1v) is 8.99. The number of amides is 2. The Morgan fingerprint density at radius 1 is 1.17 bits per heavy atom. The number of carbonyl (C=O) groups is 1. The summed E-state index contributed by atoms with van der Waals surface area (Å²) in [6.07, 6.45) is 4.19. The van der Waals surface area contributed by atoms with E-state index in [1.54, 1.807) is 0 Å². The number of nitrogens with one attached hydrogen (secondary N) is 2. The lowest BCUT2D eigenvalue weighted by Crippen LogP contribution is -2.48. The molecule has 2 N–H and O–H groups in total. The van der Waals surface area contributed by atoms with E-state index in [2.05, 4.69) is 53.6 Å². The molecule has 3 rings (SSSR count). The van der Waals surface area contributed by atoms with Crippen molar-refractivity contribution in [1.82, 2.24) is 15.5 Å². The van der Waals surface area contributed by atoms with Gasteiger partial charge < -0.3 is 15.5 Å². The average Bonchev–Trinajstić information content (AvgIpc) is 2.92. The summed E-state index contributed by atoms with van der Waals surface area (Å²) in [4.78, 5) is 14.8. The van der Waals surface area contributed by atoms with Crippen molar-refractivity contribution in [2.24, 2.45) is 5.92 Å². The van der Waals surface area contributed by atoms with Gasteiger partial charge in [-0.25, -0.2) is 4.79 Å². The van der Waals surface area contributed by atoms with Crippen molar-refractivity contribution >= 4 is 6.03 Å².